The molecule has 0 atom stereocenters. The van der Waals surface area contributed by atoms with Gasteiger partial charge in [-0.3, -0.25) is 4.79 Å². The summed E-state index contributed by atoms with van der Waals surface area (Å²) >= 11 is 0. The number of nitrogens with one attached hydrogen (secondary N) is 1. The highest BCUT2D eigenvalue weighted by atomic mass is 16.5. The van der Waals surface area contributed by atoms with Gasteiger partial charge in [0.15, 0.2) is 5.69 Å². The van der Waals surface area contributed by atoms with Crippen LogP contribution in [0.25, 0.3) is 0 Å². The van der Waals surface area contributed by atoms with Crippen LogP contribution in [0, 0.1) is 0 Å². The van der Waals surface area contributed by atoms with Gasteiger partial charge in [0.1, 0.15) is 5.75 Å². The van der Waals surface area contributed by atoms with E-state index in [0.717, 1.165) is 18.5 Å². The van der Waals surface area contributed by atoms with Gasteiger partial charge < -0.3 is 10.1 Å². The van der Waals surface area contributed by atoms with Crippen LogP contribution in [0.2, 0.25) is 0 Å². The third-order valence-corrected chi connectivity index (χ3v) is 3.11. The largest absolute Gasteiger partial charge is 0.494 e. The number of benzene rings is 1. The van der Waals surface area contributed by atoms with Crippen molar-refractivity contribution in [3.8, 4) is 5.75 Å². The first kappa shape index (κ1) is 14.2. The first-order valence-electron chi connectivity index (χ1n) is 6.54. The fraction of sp³-hybridized carbons (Fsp3) is 0.250. The Bertz CT molecular complexity index is 597. The van der Waals surface area contributed by atoms with Crippen LogP contribution in [0.3, 0.4) is 0 Å². The molecule has 0 radical (unpaired) electrons. The molecule has 0 spiro atoms. The average Bonchev–Trinajstić information content (AvgIpc) is 2.52. The number of methoxy groups -OCH3 is 1. The van der Waals surface area contributed by atoms with Gasteiger partial charge in [-0.2, -0.15) is 0 Å². The van der Waals surface area contributed by atoms with Crippen LogP contribution in [0.5, 0.6) is 5.75 Å². The Morgan fingerprint density at radius 1 is 1.25 bits per heavy atom. The lowest BCUT2D eigenvalue weighted by molar-refractivity contribution is 0.103. The number of ether oxygens (including phenoxy) is 1. The highest BCUT2D eigenvalue weighted by Crippen LogP contribution is 2.21. The molecule has 2 aromatic rings. The van der Waals surface area contributed by atoms with Gasteiger partial charge in [0.25, 0.3) is 0 Å². The second-order valence-electron chi connectivity index (χ2n) is 4.39. The van der Waals surface area contributed by atoms with Crippen molar-refractivity contribution in [2.75, 3.05) is 20.7 Å². The number of hydrogen-bond donors (Lipinski definition) is 1. The van der Waals surface area contributed by atoms with Gasteiger partial charge in [0.2, 0.25) is 5.78 Å². The molecule has 20 heavy (non-hydrogen) atoms. The SMILES string of the molecule is CNCCc1ccccc1C(=O)c1ncccc1OC. The number of pyridine rings is 1. The van der Waals surface area contributed by atoms with Gasteiger partial charge in [-0.25, -0.2) is 4.98 Å². The van der Waals surface area contributed by atoms with E-state index < -0.39 is 0 Å². The molecule has 0 saturated heterocycles. The molecule has 0 aliphatic heterocycles. The number of aromatic nitrogens is 1. The maximum Gasteiger partial charge on any atom is 0.215 e. The smallest absolute Gasteiger partial charge is 0.215 e. The molecular weight excluding hydrogens is 252 g/mol. The molecule has 2 rings (SSSR count). The predicted octanol–water partition coefficient (Wildman–Crippen LogP) is 2.08. The number of carbonyl (C=O) groups is 1. The summed E-state index contributed by atoms with van der Waals surface area (Å²) in [5, 5.41) is 3.09. The Balaban J connectivity index is 2.38. The lowest BCUT2D eigenvalue weighted by Crippen LogP contribution is -2.14. The third-order valence-electron chi connectivity index (χ3n) is 3.11. The highest BCUT2D eigenvalue weighted by molar-refractivity contribution is 6.10. The number of hydrogen-bond acceptors (Lipinski definition) is 4. The Labute approximate surface area is 118 Å². The van der Waals surface area contributed by atoms with Gasteiger partial charge in [0.05, 0.1) is 7.11 Å². The van der Waals surface area contributed by atoms with E-state index in [0.29, 0.717) is 17.0 Å². The highest BCUT2D eigenvalue weighted by Gasteiger charge is 2.18. The fourth-order valence-corrected chi connectivity index (χ4v) is 2.07. The van der Waals surface area contributed by atoms with Gasteiger partial charge in [-0.15, -0.1) is 0 Å². The molecule has 104 valence electrons. The summed E-state index contributed by atoms with van der Waals surface area (Å²) in [6, 6.07) is 11.1. The van der Waals surface area contributed by atoms with E-state index >= 15 is 0 Å². The Hall–Kier alpha value is -2.20. The molecule has 1 heterocycles. The predicted molar refractivity (Wildman–Crippen MR) is 78.3 cm³/mol. The van der Waals surface area contributed by atoms with Crippen molar-refractivity contribution in [3.63, 3.8) is 0 Å². The number of carbonyl (C=O) groups excluding carboxylic acids is 1. The first-order valence-corrected chi connectivity index (χ1v) is 6.54. The fourth-order valence-electron chi connectivity index (χ4n) is 2.07. The molecular formula is C16H18N2O2. The molecule has 0 aliphatic carbocycles. The van der Waals surface area contributed by atoms with E-state index in [2.05, 4.69) is 10.3 Å². The number of nitrogens with zero attached hydrogens (tertiary/aromatic N) is 1. The zero-order valence-electron chi connectivity index (χ0n) is 11.7. The second-order valence-corrected chi connectivity index (χ2v) is 4.39. The summed E-state index contributed by atoms with van der Waals surface area (Å²) < 4.78 is 5.21. The van der Waals surface area contributed by atoms with Gasteiger partial charge in [0, 0.05) is 11.8 Å². The summed E-state index contributed by atoms with van der Waals surface area (Å²) in [4.78, 5) is 16.8. The summed E-state index contributed by atoms with van der Waals surface area (Å²) in [5.74, 6) is 0.398. The maximum absolute atomic E-state index is 12.6. The van der Waals surface area contributed by atoms with Gasteiger partial charge >= 0.3 is 0 Å². The van der Waals surface area contributed by atoms with Gasteiger partial charge in [-0.1, -0.05) is 24.3 Å². The molecule has 0 aliphatic rings. The lowest BCUT2D eigenvalue weighted by Gasteiger charge is -2.10. The van der Waals surface area contributed by atoms with Crippen LogP contribution < -0.4 is 10.1 Å². The van der Waals surface area contributed by atoms with E-state index in [9.17, 15) is 4.79 Å². The van der Waals surface area contributed by atoms with Crippen LogP contribution >= 0.6 is 0 Å². The second kappa shape index (κ2) is 6.82. The maximum atomic E-state index is 12.6. The van der Waals surface area contributed by atoms with Crippen molar-refractivity contribution in [3.05, 3.63) is 59.4 Å². The van der Waals surface area contributed by atoms with E-state index in [1.807, 2.05) is 31.3 Å². The van der Waals surface area contributed by atoms with E-state index in [1.54, 1.807) is 25.4 Å². The lowest BCUT2D eigenvalue weighted by atomic mass is 9.98. The summed E-state index contributed by atoms with van der Waals surface area (Å²) in [6.45, 7) is 0.823. The van der Waals surface area contributed by atoms with E-state index in [-0.39, 0.29) is 5.78 Å². The molecule has 4 nitrogen and oxygen atoms in total. The van der Waals surface area contributed by atoms with Crippen LogP contribution in [0.1, 0.15) is 21.6 Å². The van der Waals surface area contributed by atoms with Crippen molar-refractivity contribution in [2.24, 2.45) is 0 Å². The average molecular weight is 270 g/mol. The Morgan fingerprint density at radius 2 is 2.05 bits per heavy atom. The summed E-state index contributed by atoms with van der Waals surface area (Å²) in [5.41, 5.74) is 2.05. The van der Waals surface area contributed by atoms with Crippen LogP contribution in [0.15, 0.2) is 42.6 Å². The van der Waals surface area contributed by atoms with Crippen LogP contribution in [-0.4, -0.2) is 31.5 Å². The van der Waals surface area contributed by atoms with Crippen molar-refractivity contribution >= 4 is 5.78 Å². The van der Waals surface area contributed by atoms with Crippen LogP contribution in [-0.2, 0) is 6.42 Å². The molecule has 0 saturated carbocycles. The van der Waals surface area contributed by atoms with E-state index in [1.165, 1.54) is 0 Å². The van der Waals surface area contributed by atoms with Crippen molar-refractivity contribution in [1.29, 1.82) is 0 Å². The number of rotatable bonds is 6. The number of likely N-dealkylation sites (N-methyl/N-ethyl adjacent to an activating group) is 1. The normalized spacial score (nSPS) is 10.3. The molecule has 1 aromatic carbocycles. The monoisotopic (exact) mass is 270 g/mol. The molecule has 1 N–H and O–H groups in total. The standard InChI is InChI=1S/C16H18N2O2/c1-17-11-9-12-6-3-4-7-13(12)16(19)15-14(20-2)8-5-10-18-15/h3-8,10,17H,9,11H2,1-2H3. The van der Waals surface area contributed by atoms with Gasteiger partial charge in [-0.05, 0) is 37.7 Å². The molecule has 0 fully saturated rings. The minimum atomic E-state index is -0.103. The quantitative estimate of drug-likeness (QED) is 0.817. The Kier molecular flexibility index (Phi) is 4.85. The molecule has 4 heteroatoms. The molecule has 1 aromatic heterocycles. The molecule has 0 unspecified atom stereocenters. The third kappa shape index (κ3) is 3.03. The zero-order chi connectivity index (χ0) is 14.4. The summed E-state index contributed by atoms with van der Waals surface area (Å²) in [7, 11) is 3.44. The summed E-state index contributed by atoms with van der Waals surface area (Å²) in [6.07, 6.45) is 2.40. The molecule has 0 amide bonds. The van der Waals surface area contributed by atoms with Crippen molar-refractivity contribution in [1.82, 2.24) is 10.3 Å². The van der Waals surface area contributed by atoms with Crippen molar-refractivity contribution < 1.29 is 9.53 Å². The zero-order valence-corrected chi connectivity index (χ0v) is 11.7. The molecule has 0 bridgehead atoms. The first-order chi connectivity index (χ1) is 9.77. The Morgan fingerprint density at radius 3 is 2.80 bits per heavy atom. The minimum Gasteiger partial charge on any atom is -0.494 e. The van der Waals surface area contributed by atoms with Crippen molar-refractivity contribution in [2.45, 2.75) is 6.42 Å². The number of ketones is 1. The topological polar surface area (TPSA) is 51.2 Å². The van der Waals surface area contributed by atoms with E-state index in [4.69, 9.17) is 4.74 Å². The van der Waals surface area contributed by atoms with Crippen LogP contribution in [0.4, 0.5) is 0 Å². The minimum absolute atomic E-state index is 0.103.